The maximum absolute atomic E-state index is 12.8. The minimum Gasteiger partial charge on any atom is -0.379 e. The van der Waals surface area contributed by atoms with Crippen molar-refractivity contribution >= 4 is 16.7 Å². The van der Waals surface area contributed by atoms with Gasteiger partial charge in [0.25, 0.3) is 0 Å². The van der Waals surface area contributed by atoms with Gasteiger partial charge in [0.2, 0.25) is 0 Å². The van der Waals surface area contributed by atoms with Crippen LogP contribution in [0.4, 0.5) is 0 Å². The number of aromatic nitrogens is 4. The normalized spacial score (nSPS) is 14.5. The first-order chi connectivity index (χ1) is 15.7. The summed E-state index contributed by atoms with van der Waals surface area (Å²) in [4.78, 5) is 23.7. The predicted octanol–water partition coefficient (Wildman–Crippen LogP) is 3.34. The minimum absolute atomic E-state index is 0.0293. The average molecular weight is 425 g/mol. The van der Waals surface area contributed by atoms with Gasteiger partial charge in [-0.15, -0.1) is 0 Å². The number of morpholine rings is 1. The van der Waals surface area contributed by atoms with Gasteiger partial charge in [-0.3, -0.25) is 19.7 Å². The Morgan fingerprint density at radius 1 is 0.969 bits per heavy atom. The van der Waals surface area contributed by atoms with Crippen LogP contribution in [-0.4, -0.2) is 57.2 Å². The van der Waals surface area contributed by atoms with Gasteiger partial charge in [0.05, 0.1) is 42.7 Å². The molecule has 2 aromatic carbocycles. The van der Waals surface area contributed by atoms with Gasteiger partial charge in [-0.25, -0.2) is 0 Å². The largest absolute Gasteiger partial charge is 0.379 e. The Kier molecular flexibility index (Phi) is 5.91. The number of carbonyl (C=O) groups is 1. The van der Waals surface area contributed by atoms with E-state index in [2.05, 4.69) is 25.1 Å². The van der Waals surface area contributed by atoms with Gasteiger partial charge in [-0.1, -0.05) is 30.3 Å². The van der Waals surface area contributed by atoms with Gasteiger partial charge in [-0.05, 0) is 23.8 Å². The fourth-order valence-corrected chi connectivity index (χ4v) is 3.86. The standard InChI is InChI=1S/C25H23N5O2/c31-25(19-3-1-18(2-4-19)17-30-9-11-32-12-10-30)15-22-14-21-13-20(5-6-23(21)29-28-22)24-16-26-7-8-27-24/h1-8,13-14,16H,9-12,15,17H2. The van der Waals surface area contributed by atoms with Crippen molar-refractivity contribution in [3.8, 4) is 11.3 Å². The van der Waals surface area contributed by atoms with Crippen LogP contribution in [0.1, 0.15) is 21.6 Å². The first kappa shape index (κ1) is 20.4. The highest BCUT2D eigenvalue weighted by Gasteiger charge is 2.13. The third kappa shape index (κ3) is 4.69. The van der Waals surface area contributed by atoms with Crippen molar-refractivity contribution in [3.05, 3.63) is 83.9 Å². The number of hydrogen-bond acceptors (Lipinski definition) is 7. The summed E-state index contributed by atoms with van der Waals surface area (Å²) in [6.45, 7) is 4.33. The zero-order valence-electron chi connectivity index (χ0n) is 17.6. The molecule has 0 aliphatic carbocycles. The summed E-state index contributed by atoms with van der Waals surface area (Å²) in [5, 5.41) is 9.46. The predicted molar refractivity (Wildman–Crippen MR) is 121 cm³/mol. The minimum atomic E-state index is 0.0293. The van der Waals surface area contributed by atoms with E-state index in [1.807, 2.05) is 48.5 Å². The van der Waals surface area contributed by atoms with E-state index in [1.165, 1.54) is 5.56 Å². The van der Waals surface area contributed by atoms with Gasteiger partial charge in [0.15, 0.2) is 5.78 Å². The van der Waals surface area contributed by atoms with Gasteiger partial charge >= 0.3 is 0 Å². The summed E-state index contributed by atoms with van der Waals surface area (Å²) in [7, 11) is 0. The Labute approximate surface area is 186 Å². The van der Waals surface area contributed by atoms with E-state index in [1.54, 1.807) is 18.6 Å². The highest BCUT2D eigenvalue weighted by molar-refractivity contribution is 5.97. The number of carbonyl (C=O) groups excluding carboxylic acids is 1. The lowest BCUT2D eigenvalue weighted by Crippen LogP contribution is -2.35. The molecule has 7 nitrogen and oxygen atoms in total. The van der Waals surface area contributed by atoms with Gasteiger partial charge < -0.3 is 4.74 Å². The quantitative estimate of drug-likeness (QED) is 0.438. The molecule has 1 saturated heterocycles. The van der Waals surface area contributed by atoms with Crippen molar-refractivity contribution in [1.29, 1.82) is 0 Å². The fourth-order valence-electron chi connectivity index (χ4n) is 3.86. The smallest absolute Gasteiger partial charge is 0.168 e. The van der Waals surface area contributed by atoms with Gasteiger partial charge in [0.1, 0.15) is 0 Å². The maximum Gasteiger partial charge on any atom is 0.168 e. The van der Waals surface area contributed by atoms with Crippen LogP contribution in [0.2, 0.25) is 0 Å². The average Bonchev–Trinajstić information content (AvgIpc) is 2.85. The van der Waals surface area contributed by atoms with Crippen molar-refractivity contribution in [1.82, 2.24) is 25.1 Å². The molecule has 0 radical (unpaired) electrons. The highest BCUT2D eigenvalue weighted by Crippen LogP contribution is 2.22. The first-order valence-electron chi connectivity index (χ1n) is 10.7. The molecule has 160 valence electrons. The molecular formula is C25H23N5O2. The molecule has 0 atom stereocenters. The molecule has 1 aliphatic heterocycles. The molecule has 32 heavy (non-hydrogen) atoms. The molecule has 5 rings (SSSR count). The van der Waals surface area contributed by atoms with Crippen LogP contribution in [0.5, 0.6) is 0 Å². The van der Waals surface area contributed by atoms with Crippen molar-refractivity contribution in [2.24, 2.45) is 0 Å². The second-order valence-electron chi connectivity index (χ2n) is 7.89. The lowest BCUT2D eigenvalue weighted by atomic mass is 10.0. The van der Waals surface area contributed by atoms with Crippen LogP contribution >= 0.6 is 0 Å². The number of ether oxygens (including phenoxy) is 1. The summed E-state index contributed by atoms with van der Waals surface area (Å²) in [6, 6.07) is 15.6. The van der Waals surface area contributed by atoms with Crippen LogP contribution in [0.25, 0.3) is 22.2 Å². The SMILES string of the molecule is O=C(Cc1cc2cc(-c3cnccn3)ccc2nn1)c1ccc(CN2CCOCC2)cc1. The Balaban J connectivity index is 1.29. The van der Waals surface area contributed by atoms with E-state index < -0.39 is 0 Å². The van der Waals surface area contributed by atoms with E-state index in [-0.39, 0.29) is 12.2 Å². The van der Waals surface area contributed by atoms with E-state index in [4.69, 9.17) is 4.74 Å². The number of hydrogen-bond donors (Lipinski definition) is 0. The zero-order chi connectivity index (χ0) is 21.8. The molecule has 0 amide bonds. The second-order valence-corrected chi connectivity index (χ2v) is 7.89. The maximum atomic E-state index is 12.8. The number of nitrogens with zero attached hydrogens (tertiary/aromatic N) is 5. The Morgan fingerprint density at radius 2 is 1.81 bits per heavy atom. The summed E-state index contributed by atoms with van der Waals surface area (Å²) >= 11 is 0. The van der Waals surface area contributed by atoms with Crippen molar-refractivity contribution in [3.63, 3.8) is 0 Å². The van der Waals surface area contributed by atoms with Gasteiger partial charge in [-0.2, -0.15) is 10.2 Å². The Hall–Kier alpha value is -3.55. The fraction of sp³-hybridized carbons (Fsp3) is 0.240. The molecule has 2 aromatic heterocycles. The molecule has 0 spiro atoms. The zero-order valence-corrected chi connectivity index (χ0v) is 17.6. The topological polar surface area (TPSA) is 81.1 Å². The number of benzene rings is 2. The van der Waals surface area contributed by atoms with E-state index in [0.717, 1.165) is 55.0 Å². The molecule has 0 unspecified atom stereocenters. The molecule has 0 bridgehead atoms. The summed E-state index contributed by atoms with van der Waals surface area (Å²) in [6.07, 6.45) is 5.25. The molecule has 0 saturated carbocycles. The lowest BCUT2D eigenvalue weighted by Gasteiger charge is -2.26. The van der Waals surface area contributed by atoms with Crippen LogP contribution in [0.15, 0.2) is 67.1 Å². The molecule has 4 aromatic rings. The second kappa shape index (κ2) is 9.30. The highest BCUT2D eigenvalue weighted by atomic mass is 16.5. The van der Waals surface area contributed by atoms with Crippen molar-refractivity contribution < 1.29 is 9.53 Å². The number of fused-ring (bicyclic) bond motifs is 1. The third-order valence-corrected chi connectivity index (χ3v) is 5.62. The van der Waals surface area contributed by atoms with Crippen LogP contribution in [0.3, 0.4) is 0 Å². The van der Waals surface area contributed by atoms with Crippen LogP contribution in [-0.2, 0) is 17.7 Å². The molecule has 3 heterocycles. The van der Waals surface area contributed by atoms with E-state index >= 15 is 0 Å². The molecule has 0 N–H and O–H groups in total. The summed E-state index contributed by atoms with van der Waals surface area (Å²) < 4.78 is 5.40. The Morgan fingerprint density at radius 3 is 2.59 bits per heavy atom. The first-order valence-corrected chi connectivity index (χ1v) is 10.7. The molecular weight excluding hydrogens is 402 g/mol. The molecule has 1 fully saturated rings. The Bertz CT molecular complexity index is 1220. The monoisotopic (exact) mass is 425 g/mol. The van der Waals surface area contributed by atoms with Crippen LogP contribution < -0.4 is 0 Å². The van der Waals surface area contributed by atoms with Crippen molar-refractivity contribution in [2.45, 2.75) is 13.0 Å². The van der Waals surface area contributed by atoms with Crippen molar-refractivity contribution in [2.75, 3.05) is 26.3 Å². The summed E-state index contributed by atoms with van der Waals surface area (Å²) in [5.74, 6) is 0.0293. The molecule has 7 heteroatoms. The number of rotatable bonds is 6. The molecule has 1 aliphatic rings. The number of Topliss-reactive ketones (excluding diaryl/α,β-unsaturated/α-hetero) is 1. The lowest BCUT2D eigenvalue weighted by molar-refractivity contribution is 0.0342. The number of ketones is 1. The van der Waals surface area contributed by atoms with Crippen LogP contribution in [0, 0.1) is 0 Å². The summed E-state index contributed by atoms with van der Waals surface area (Å²) in [5.41, 5.74) is 5.06. The van der Waals surface area contributed by atoms with Gasteiger partial charge in [0, 0.05) is 48.5 Å². The van der Waals surface area contributed by atoms with E-state index in [9.17, 15) is 4.79 Å². The third-order valence-electron chi connectivity index (χ3n) is 5.62. The van der Waals surface area contributed by atoms with E-state index in [0.29, 0.717) is 11.3 Å².